The molecule has 0 N–H and O–H groups in total. The number of hydrogen-bond donors (Lipinski definition) is 0. The van der Waals surface area contributed by atoms with Crippen LogP contribution in [0, 0.1) is 0 Å². The Morgan fingerprint density at radius 3 is 1.11 bits per heavy atom. The van der Waals surface area contributed by atoms with Crippen LogP contribution in [0.25, 0.3) is 0 Å². The third-order valence-corrected chi connectivity index (χ3v) is 0.0786. The predicted molar refractivity (Wildman–Crippen MR) is 15.0 cm³/mol. The summed E-state index contributed by atoms with van der Waals surface area (Å²) < 4.78 is 0. The van der Waals surface area contributed by atoms with Crippen LogP contribution in [-0.4, -0.2) is 12.9 Å². The first-order valence-corrected chi connectivity index (χ1v) is 1.28. The Bertz CT molecular complexity index is 42.9. The van der Waals surface area contributed by atoms with E-state index in [1.807, 2.05) is 0 Å². The average Bonchev–Trinajstić information content (AvgIpc) is 1.88. The van der Waals surface area contributed by atoms with Crippen molar-refractivity contribution in [3.05, 3.63) is 0 Å². The molecule has 0 unspecified atom stereocenters. The molecule has 0 saturated heterocycles. The van der Waals surface area contributed by atoms with E-state index < -0.39 is 0 Å². The van der Waals surface area contributed by atoms with Gasteiger partial charge in [0.15, 0.2) is 0 Å². The molecule has 9 heavy (non-hydrogen) atoms. The summed E-state index contributed by atoms with van der Waals surface area (Å²) in [4.78, 5) is 22.5. The van der Waals surface area contributed by atoms with Gasteiger partial charge in [-0.3, -0.25) is 9.59 Å². The molecular formula is C2H2O7. The number of rotatable bonds is 2. The summed E-state index contributed by atoms with van der Waals surface area (Å²) in [5.74, 6) is 0. The second kappa shape index (κ2) is 29.0. The lowest BCUT2D eigenvalue weighted by Gasteiger charge is -1.88. The molecule has 0 aliphatic heterocycles. The summed E-state index contributed by atoms with van der Waals surface area (Å²) in [7, 11) is 0. The second-order valence-electron chi connectivity index (χ2n) is 0.385. The molecule has 0 amide bonds. The SMILES string of the molecule is O=CO[O-].O=CO[O-].[O+2]. The van der Waals surface area contributed by atoms with E-state index in [4.69, 9.17) is 20.1 Å². The van der Waals surface area contributed by atoms with Crippen molar-refractivity contribution in [2.24, 2.45) is 0 Å². The van der Waals surface area contributed by atoms with Crippen LogP contribution in [0.1, 0.15) is 0 Å². The third-order valence-electron chi connectivity index (χ3n) is 0.0786. The van der Waals surface area contributed by atoms with E-state index in [1.54, 1.807) is 0 Å². The van der Waals surface area contributed by atoms with Gasteiger partial charge in [-0.2, -0.15) is 0 Å². The van der Waals surface area contributed by atoms with Gasteiger partial charge in [-0.25, -0.2) is 0 Å². The van der Waals surface area contributed by atoms with Gasteiger partial charge in [-0.1, -0.05) is 0 Å². The fourth-order valence-electron chi connectivity index (χ4n) is 0. The highest BCUT2D eigenvalue weighted by Crippen LogP contribution is 1.23. The molecule has 0 aromatic rings. The summed E-state index contributed by atoms with van der Waals surface area (Å²) >= 11 is 0. The van der Waals surface area contributed by atoms with Crippen molar-refractivity contribution in [2.45, 2.75) is 0 Å². The van der Waals surface area contributed by atoms with Crippen molar-refractivity contribution in [1.82, 2.24) is 0 Å². The molecule has 7 heteroatoms. The van der Waals surface area contributed by atoms with Crippen LogP contribution in [0.15, 0.2) is 0 Å². The smallest absolute Gasteiger partial charge is 0.662 e. The van der Waals surface area contributed by atoms with Crippen LogP contribution in [0.3, 0.4) is 0 Å². The van der Waals surface area contributed by atoms with Crippen molar-refractivity contribution in [2.75, 3.05) is 0 Å². The van der Waals surface area contributed by atoms with Gasteiger partial charge in [0.05, 0.1) is 0 Å². The van der Waals surface area contributed by atoms with Crippen molar-refractivity contribution < 1.29 is 35.4 Å². The van der Waals surface area contributed by atoms with Crippen LogP contribution in [-0.2, 0) is 24.8 Å². The molecule has 0 aromatic heterocycles. The first-order chi connectivity index (χ1) is 3.83. The maximum atomic E-state index is 8.64. The molecule has 0 heterocycles. The Labute approximate surface area is 49.6 Å². The van der Waals surface area contributed by atoms with Gasteiger partial charge < -0.3 is 20.3 Å². The lowest BCUT2D eigenvalue weighted by Crippen LogP contribution is -2.00. The van der Waals surface area contributed by atoms with Gasteiger partial charge >= 0.3 is 5.48 Å². The zero-order valence-electron chi connectivity index (χ0n) is 4.01. The van der Waals surface area contributed by atoms with Crippen molar-refractivity contribution >= 4 is 12.9 Å². The topological polar surface area (TPSA) is 127 Å². The standard InChI is InChI=1S/2CH2O3.O/c2*2-1-4-3;/h2*1,3H;/q;;+2/p-2. The summed E-state index contributed by atoms with van der Waals surface area (Å²) in [6.45, 7) is -0.361. The zero-order valence-corrected chi connectivity index (χ0v) is 4.01. The van der Waals surface area contributed by atoms with E-state index in [1.165, 1.54) is 0 Å². The van der Waals surface area contributed by atoms with Crippen LogP contribution >= 0.6 is 0 Å². The molecule has 0 rings (SSSR count). The number of hydrogen-bond acceptors (Lipinski definition) is 6. The minimum Gasteiger partial charge on any atom is -0.662 e. The quantitative estimate of drug-likeness (QED) is 0.224. The van der Waals surface area contributed by atoms with Gasteiger partial charge in [-0.15, -0.1) is 0 Å². The zero-order chi connectivity index (χ0) is 6.83. The van der Waals surface area contributed by atoms with Gasteiger partial charge in [0.1, 0.15) is 0 Å². The minimum atomic E-state index is -0.181. The summed E-state index contributed by atoms with van der Waals surface area (Å²) in [5.41, 5.74) is 0. The van der Waals surface area contributed by atoms with Crippen molar-refractivity contribution in [1.29, 1.82) is 0 Å². The normalized spacial score (nSPS) is 4.67. The Kier molecular flexibility index (Phi) is 50.5. The Morgan fingerprint density at radius 2 is 1.11 bits per heavy atom. The van der Waals surface area contributed by atoms with E-state index >= 15 is 0 Å². The van der Waals surface area contributed by atoms with E-state index in [-0.39, 0.29) is 18.4 Å². The van der Waals surface area contributed by atoms with Crippen LogP contribution in [0.5, 0.6) is 0 Å². The van der Waals surface area contributed by atoms with Crippen molar-refractivity contribution in [3.63, 3.8) is 0 Å². The van der Waals surface area contributed by atoms with Gasteiger partial charge in [0, 0.05) is 0 Å². The maximum Gasteiger partial charge on any atom is 2.00 e. The van der Waals surface area contributed by atoms with E-state index in [2.05, 4.69) is 9.78 Å². The maximum absolute atomic E-state index is 8.64. The highest BCUT2D eigenvalue weighted by molar-refractivity contribution is 5.35. The summed E-state index contributed by atoms with van der Waals surface area (Å²) in [5, 5.41) is 16.9. The van der Waals surface area contributed by atoms with Crippen molar-refractivity contribution in [3.8, 4) is 0 Å². The molecule has 0 spiro atoms. The van der Waals surface area contributed by atoms with Crippen LogP contribution in [0.4, 0.5) is 0 Å². The number of carbonyl (C=O) groups is 2. The summed E-state index contributed by atoms with van der Waals surface area (Å²) in [6.07, 6.45) is 0. The minimum absolute atomic E-state index is 0. The third kappa shape index (κ3) is 236. The second-order valence-corrected chi connectivity index (χ2v) is 0.385. The lowest BCUT2D eigenvalue weighted by molar-refractivity contribution is -0.652. The highest BCUT2D eigenvalue weighted by Gasteiger charge is 2.00. The van der Waals surface area contributed by atoms with Gasteiger partial charge in [0.2, 0.25) is 0 Å². The Morgan fingerprint density at radius 1 is 1.00 bits per heavy atom. The van der Waals surface area contributed by atoms with Gasteiger partial charge in [0.25, 0.3) is 12.9 Å². The Balaban J connectivity index is -0.0000000720. The van der Waals surface area contributed by atoms with E-state index in [0.29, 0.717) is 0 Å². The van der Waals surface area contributed by atoms with E-state index in [0.717, 1.165) is 0 Å². The first-order valence-electron chi connectivity index (χ1n) is 1.28. The van der Waals surface area contributed by atoms with E-state index in [9.17, 15) is 0 Å². The average molecular weight is 138 g/mol. The first kappa shape index (κ1) is 15.7. The number of carbonyl (C=O) groups excluding carboxylic acids is 2. The molecular weight excluding hydrogens is 136 g/mol. The molecule has 0 bridgehead atoms. The fourth-order valence-corrected chi connectivity index (χ4v) is 0. The summed E-state index contributed by atoms with van der Waals surface area (Å²) in [6, 6.07) is 0. The Hall–Kier alpha value is -1.18. The molecule has 52 valence electrons. The molecule has 0 aliphatic rings. The largest absolute Gasteiger partial charge is 2.00 e. The van der Waals surface area contributed by atoms with Crippen LogP contribution < -0.4 is 10.5 Å². The highest BCUT2D eigenvalue weighted by atomic mass is 17.1. The fraction of sp³-hybridized carbons (Fsp3) is 0. The molecule has 0 aromatic carbocycles. The van der Waals surface area contributed by atoms with Crippen LogP contribution in [0.2, 0.25) is 0 Å². The molecule has 4 radical (unpaired) electrons. The molecule has 0 atom stereocenters. The molecule has 0 aliphatic carbocycles. The molecule has 0 fully saturated rings. The lowest BCUT2D eigenvalue weighted by atomic mass is 11.7. The predicted octanol–water partition coefficient (Wildman–Crippen LogP) is -3.25. The molecule has 7 nitrogen and oxygen atoms in total. The molecule has 0 saturated carbocycles. The van der Waals surface area contributed by atoms with Gasteiger partial charge in [-0.05, 0) is 0 Å². The monoisotopic (exact) mass is 138 g/mol.